The summed E-state index contributed by atoms with van der Waals surface area (Å²) in [4.78, 5) is 37.1. The van der Waals surface area contributed by atoms with Gasteiger partial charge in [0.15, 0.2) is 0 Å². The number of carbonyl (C=O) groups is 3. The first-order chi connectivity index (χ1) is 18.3. The zero-order valence-electron chi connectivity index (χ0n) is 21.4. The SMILES string of the molecule is CC(CNC(=O)[C@H](NC(=O)OCC1c2ccccc2-c2ccccc21)[C@H](C)OCc1ccccc1)C(=O)O. The molecule has 0 saturated heterocycles. The molecule has 2 amide bonds. The normalized spacial score (nSPS) is 14.5. The summed E-state index contributed by atoms with van der Waals surface area (Å²) in [5.41, 5.74) is 5.31. The molecule has 3 aromatic rings. The van der Waals surface area contributed by atoms with E-state index in [0.717, 1.165) is 27.8 Å². The summed E-state index contributed by atoms with van der Waals surface area (Å²) in [7, 11) is 0. The van der Waals surface area contributed by atoms with E-state index in [0.29, 0.717) is 0 Å². The van der Waals surface area contributed by atoms with Crippen LogP contribution in [0.25, 0.3) is 11.1 Å². The third-order valence-corrected chi connectivity index (χ3v) is 6.73. The van der Waals surface area contributed by atoms with Crippen molar-refractivity contribution in [2.24, 2.45) is 5.92 Å². The van der Waals surface area contributed by atoms with Crippen LogP contribution in [-0.2, 0) is 25.7 Å². The first-order valence-corrected chi connectivity index (χ1v) is 12.6. The fraction of sp³-hybridized carbons (Fsp3) is 0.300. The number of hydrogen-bond acceptors (Lipinski definition) is 5. The summed E-state index contributed by atoms with van der Waals surface area (Å²) < 4.78 is 11.5. The van der Waals surface area contributed by atoms with E-state index in [4.69, 9.17) is 14.6 Å². The summed E-state index contributed by atoms with van der Waals surface area (Å²) in [6, 6.07) is 24.4. The Kier molecular flexibility index (Phi) is 8.76. The molecule has 0 aliphatic heterocycles. The fourth-order valence-corrected chi connectivity index (χ4v) is 4.51. The van der Waals surface area contributed by atoms with Crippen LogP contribution in [0.2, 0.25) is 0 Å². The van der Waals surface area contributed by atoms with Gasteiger partial charge in [0.1, 0.15) is 12.6 Å². The number of amides is 2. The van der Waals surface area contributed by atoms with Crippen LogP contribution in [0.15, 0.2) is 78.9 Å². The Morgan fingerprint density at radius 3 is 2.05 bits per heavy atom. The number of fused-ring (bicyclic) bond motifs is 3. The highest BCUT2D eigenvalue weighted by Gasteiger charge is 2.32. The summed E-state index contributed by atoms with van der Waals surface area (Å²) in [6.07, 6.45) is -1.47. The molecule has 198 valence electrons. The number of ether oxygens (including phenoxy) is 2. The molecule has 38 heavy (non-hydrogen) atoms. The monoisotopic (exact) mass is 516 g/mol. The summed E-state index contributed by atoms with van der Waals surface area (Å²) in [6.45, 7) is 3.43. The summed E-state index contributed by atoms with van der Waals surface area (Å²) >= 11 is 0. The molecule has 0 heterocycles. The minimum Gasteiger partial charge on any atom is -0.481 e. The second kappa shape index (κ2) is 12.4. The van der Waals surface area contributed by atoms with Crippen molar-refractivity contribution >= 4 is 18.0 Å². The van der Waals surface area contributed by atoms with E-state index in [9.17, 15) is 14.4 Å². The third kappa shape index (κ3) is 6.39. The molecular weight excluding hydrogens is 484 g/mol. The van der Waals surface area contributed by atoms with Gasteiger partial charge in [-0.3, -0.25) is 9.59 Å². The number of hydrogen-bond donors (Lipinski definition) is 3. The van der Waals surface area contributed by atoms with E-state index in [1.165, 1.54) is 6.92 Å². The molecule has 0 fully saturated rings. The highest BCUT2D eigenvalue weighted by molar-refractivity contribution is 5.86. The maximum absolute atomic E-state index is 13.0. The van der Waals surface area contributed by atoms with Gasteiger partial charge in [-0.2, -0.15) is 0 Å². The fourth-order valence-electron chi connectivity index (χ4n) is 4.51. The van der Waals surface area contributed by atoms with Crippen LogP contribution >= 0.6 is 0 Å². The molecule has 1 aliphatic carbocycles. The molecule has 0 radical (unpaired) electrons. The van der Waals surface area contributed by atoms with Gasteiger partial charge in [-0.1, -0.05) is 85.8 Å². The topological polar surface area (TPSA) is 114 Å². The number of carboxylic acids is 1. The summed E-state index contributed by atoms with van der Waals surface area (Å²) in [5.74, 6) is -2.48. The molecule has 3 N–H and O–H groups in total. The van der Waals surface area contributed by atoms with Crippen LogP contribution < -0.4 is 10.6 Å². The molecule has 3 aromatic carbocycles. The highest BCUT2D eigenvalue weighted by atomic mass is 16.5. The number of alkyl carbamates (subject to hydrolysis) is 1. The van der Waals surface area contributed by atoms with E-state index in [1.54, 1.807) is 6.92 Å². The van der Waals surface area contributed by atoms with Crippen molar-refractivity contribution in [3.63, 3.8) is 0 Å². The highest BCUT2D eigenvalue weighted by Crippen LogP contribution is 2.44. The van der Waals surface area contributed by atoms with Gasteiger partial charge in [0.2, 0.25) is 5.91 Å². The molecule has 8 heteroatoms. The molecule has 0 bridgehead atoms. The lowest BCUT2D eigenvalue weighted by Gasteiger charge is -2.25. The van der Waals surface area contributed by atoms with Crippen molar-refractivity contribution in [2.75, 3.05) is 13.2 Å². The molecule has 3 atom stereocenters. The Morgan fingerprint density at radius 1 is 0.868 bits per heavy atom. The van der Waals surface area contributed by atoms with Crippen LogP contribution in [0, 0.1) is 5.92 Å². The maximum atomic E-state index is 13.0. The number of carboxylic acid groups (broad SMARTS) is 1. The van der Waals surface area contributed by atoms with Crippen LogP contribution in [0.5, 0.6) is 0 Å². The van der Waals surface area contributed by atoms with Gasteiger partial charge in [0, 0.05) is 12.5 Å². The van der Waals surface area contributed by atoms with E-state index >= 15 is 0 Å². The van der Waals surface area contributed by atoms with Gasteiger partial charge in [-0.25, -0.2) is 4.79 Å². The molecular formula is C30H32N2O6. The molecule has 0 saturated carbocycles. The first kappa shape index (κ1) is 26.9. The average molecular weight is 517 g/mol. The van der Waals surface area contributed by atoms with Crippen molar-refractivity contribution < 1.29 is 29.0 Å². The van der Waals surface area contributed by atoms with Crippen molar-refractivity contribution in [1.82, 2.24) is 10.6 Å². The second-order valence-electron chi connectivity index (χ2n) is 9.43. The minimum absolute atomic E-state index is 0.0809. The van der Waals surface area contributed by atoms with Crippen molar-refractivity contribution in [3.8, 4) is 11.1 Å². The molecule has 8 nitrogen and oxygen atoms in total. The Bertz CT molecular complexity index is 1230. The van der Waals surface area contributed by atoms with Crippen LogP contribution in [0.1, 0.15) is 36.5 Å². The second-order valence-corrected chi connectivity index (χ2v) is 9.43. The number of nitrogens with one attached hydrogen (secondary N) is 2. The third-order valence-electron chi connectivity index (χ3n) is 6.73. The lowest BCUT2D eigenvalue weighted by atomic mass is 9.98. The lowest BCUT2D eigenvalue weighted by Crippen LogP contribution is -2.54. The first-order valence-electron chi connectivity index (χ1n) is 12.6. The molecule has 1 unspecified atom stereocenters. The van der Waals surface area contributed by atoms with Crippen molar-refractivity contribution in [3.05, 3.63) is 95.6 Å². The van der Waals surface area contributed by atoms with Gasteiger partial charge in [-0.15, -0.1) is 0 Å². The molecule has 0 spiro atoms. The van der Waals surface area contributed by atoms with Gasteiger partial charge in [0.25, 0.3) is 0 Å². The Morgan fingerprint density at radius 2 is 1.45 bits per heavy atom. The van der Waals surface area contributed by atoms with Crippen molar-refractivity contribution in [1.29, 1.82) is 0 Å². The van der Waals surface area contributed by atoms with Gasteiger partial charge >= 0.3 is 12.1 Å². The number of benzene rings is 3. The van der Waals surface area contributed by atoms with Crippen LogP contribution in [0.3, 0.4) is 0 Å². The van der Waals surface area contributed by atoms with Gasteiger partial charge in [0.05, 0.1) is 18.6 Å². The molecule has 4 rings (SSSR count). The summed E-state index contributed by atoms with van der Waals surface area (Å²) in [5, 5.41) is 14.4. The Balaban J connectivity index is 1.42. The smallest absolute Gasteiger partial charge is 0.407 e. The minimum atomic E-state index is -1.09. The predicted molar refractivity (Wildman–Crippen MR) is 142 cm³/mol. The van der Waals surface area contributed by atoms with Gasteiger partial charge in [-0.05, 0) is 34.7 Å². The maximum Gasteiger partial charge on any atom is 0.407 e. The zero-order valence-corrected chi connectivity index (χ0v) is 21.4. The Labute approximate surface area is 222 Å². The molecule has 1 aliphatic rings. The van der Waals surface area contributed by atoms with Crippen LogP contribution in [0.4, 0.5) is 4.79 Å². The molecule has 0 aromatic heterocycles. The number of aliphatic carboxylic acids is 1. The largest absolute Gasteiger partial charge is 0.481 e. The van der Waals surface area contributed by atoms with Crippen molar-refractivity contribution in [2.45, 2.75) is 38.5 Å². The average Bonchev–Trinajstić information content (AvgIpc) is 3.26. The predicted octanol–water partition coefficient (Wildman–Crippen LogP) is 4.34. The van der Waals surface area contributed by atoms with E-state index < -0.39 is 36.0 Å². The quantitative estimate of drug-likeness (QED) is 0.350. The standard InChI is InChI=1S/C30H32N2O6/c1-19(29(34)35)16-31-28(33)27(20(2)37-17-21-10-4-3-5-11-21)32-30(36)38-18-26-24-14-8-6-12-22(24)23-13-7-9-15-25(23)26/h3-15,19-20,26-27H,16-18H2,1-2H3,(H,31,33)(H,32,36)(H,34,35)/t19?,20-,27+/m0/s1. The van der Waals surface area contributed by atoms with E-state index in [1.807, 2.05) is 66.7 Å². The zero-order chi connectivity index (χ0) is 27.1. The number of carbonyl (C=O) groups excluding carboxylic acids is 2. The van der Waals surface area contributed by atoms with E-state index in [2.05, 4.69) is 22.8 Å². The van der Waals surface area contributed by atoms with Crippen LogP contribution in [-0.4, -0.2) is 48.4 Å². The van der Waals surface area contributed by atoms with Gasteiger partial charge < -0.3 is 25.2 Å². The van der Waals surface area contributed by atoms with E-state index in [-0.39, 0.29) is 25.7 Å². The lowest BCUT2D eigenvalue weighted by molar-refractivity contribution is -0.141. The Hall–Kier alpha value is -4.17. The number of rotatable bonds is 11.